The molecular weight excluding hydrogens is 268 g/mol. The van der Waals surface area contributed by atoms with Gasteiger partial charge in [-0.3, -0.25) is 0 Å². The smallest absolute Gasteiger partial charge is 0.347 e. The Hall–Kier alpha value is -1.97. The van der Waals surface area contributed by atoms with Gasteiger partial charge in [-0.05, 0) is 52.3 Å². The quantitative estimate of drug-likeness (QED) is 0.774. The topological polar surface area (TPSA) is 44.8 Å². The van der Waals surface area contributed by atoms with E-state index in [1.165, 1.54) is 0 Å². The fourth-order valence-corrected chi connectivity index (χ4v) is 1.70. The van der Waals surface area contributed by atoms with Gasteiger partial charge in [-0.25, -0.2) is 4.79 Å². The van der Waals surface area contributed by atoms with E-state index in [0.717, 1.165) is 5.56 Å². The van der Waals surface area contributed by atoms with Crippen molar-refractivity contribution in [1.29, 1.82) is 0 Å². The number of ether oxygens (including phenoxy) is 3. The molecule has 1 aromatic rings. The molecule has 0 N–H and O–H groups in total. The van der Waals surface area contributed by atoms with E-state index in [0.29, 0.717) is 11.5 Å². The van der Waals surface area contributed by atoms with Crippen LogP contribution in [0.2, 0.25) is 0 Å². The van der Waals surface area contributed by atoms with Gasteiger partial charge >= 0.3 is 5.97 Å². The van der Waals surface area contributed by atoms with Gasteiger partial charge in [-0.1, -0.05) is 18.2 Å². The van der Waals surface area contributed by atoms with Crippen LogP contribution in [-0.2, 0) is 9.53 Å². The van der Waals surface area contributed by atoms with Crippen LogP contribution in [0.15, 0.2) is 24.3 Å². The Labute approximate surface area is 126 Å². The fourth-order valence-electron chi connectivity index (χ4n) is 1.70. The summed E-state index contributed by atoms with van der Waals surface area (Å²) < 4.78 is 16.2. The Morgan fingerprint density at radius 2 is 1.90 bits per heavy atom. The summed E-state index contributed by atoms with van der Waals surface area (Å²) >= 11 is 0. The zero-order chi connectivity index (χ0) is 16.0. The summed E-state index contributed by atoms with van der Waals surface area (Å²) in [4.78, 5) is 11.9. The maximum Gasteiger partial charge on any atom is 0.347 e. The van der Waals surface area contributed by atoms with Gasteiger partial charge < -0.3 is 14.2 Å². The third kappa shape index (κ3) is 5.50. The second kappa shape index (κ2) is 7.16. The molecule has 0 heterocycles. The van der Waals surface area contributed by atoms with Gasteiger partial charge in [-0.15, -0.1) is 0 Å². The predicted molar refractivity (Wildman–Crippen MR) is 83.6 cm³/mol. The monoisotopic (exact) mass is 292 g/mol. The van der Waals surface area contributed by atoms with Crippen LogP contribution in [0, 0.1) is 0 Å². The van der Waals surface area contributed by atoms with Crippen LogP contribution in [0.5, 0.6) is 11.5 Å². The van der Waals surface area contributed by atoms with Crippen LogP contribution in [0.4, 0.5) is 0 Å². The number of allylic oxidation sites excluding steroid dienone is 1. The SMILES string of the molecule is CC=Cc1ccc(OC(C)C(=O)OC(C)(C)C)c(OC)c1. The largest absolute Gasteiger partial charge is 0.493 e. The van der Waals surface area contributed by atoms with Gasteiger partial charge in [0.1, 0.15) is 5.60 Å². The summed E-state index contributed by atoms with van der Waals surface area (Å²) in [6.45, 7) is 9.08. The number of esters is 1. The lowest BCUT2D eigenvalue weighted by molar-refractivity contribution is -0.162. The first-order valence-corrected chi connectivity index (χ1v) is 6.97. The number of benzene rings is 1. The van der Waals surface area contributed by atoms with E-state index in [-0.39, 0.29) is 0 Å². The number of hydrogen-bond acceptors (Lipinski definition) is 4. The highest BCUT2D eigenvalue weighted by atomic mass is 16.6. The third-order valence-electron chi connectivity index (χ3n) is 2.59. The van der Waals surface area contributed by atoms with E-state index in [4.69, 9.17) is 14.2 Å². The Bertz CT molecular complexity index is 512. The Kier molecular flexibility index (Phi) is 5.82. The summed E-state index contributed by atoms with van der Waals surface area (Å²) in [5, 5.41) is 0. The molecule has 0 bridgehead atoms. The lowest BCUT2D eigenvalue weighted by atomic mass is 10.2. The molecule has 0 aliphatic heterocycles. The first kappa shape index (κ1) is 17.1. The van der Waals surface area contributed by atoms with Crippen LogP contribution in [0.1, 0.15) is 40.2 Å². The summed E-state index contributed by atoms with van der Waals surface area (Å²) in [5.74, 6) is 0.701. The van der Waals surface area contributed by atoms with Crippen LogP contribution in [-0.4, -0.2) is 24.8 Å². The summed E-state index contributed by atoms with van der Waals surface area (Å²) in [6, 6.07) is 5.55. The minimum atomic E-state index is -0.703. The van der Waals surface area contributed by atoms with Crippen molar-refractivity contribution in [2.24, 2.45) is 0 Å². The van der Waals surface area contributed by atoms with Crippen molar-refractivity contribution in [1.82, 2.24) is 0 Å². The van der Waals surface area contributed by atoms with E-state index in [2.05, 4.69) is 0 Å². The molecule has 4 heteroatoms. The van der Waals surface area contributed by atoms with E-state index < -0.39 is 17.7 Å². The molecular formula is C17H24O4. The molecule has 0 radical (unpaired) electrons. The number of carbonyl (C=O) groups is 1. The molecule has 0 amide bonds. The number of hydrogen-bond donors (Lipinski definition) is 0. The highest BCUT2D eigenvalue weighted by Gasteiger charge is 2.23. The molecule has 1 rings (SSSR count). The molecule has 0 aromatic heterocycles. The summed E-state index contributed by atoms with van der Waals surface area (Å²) in [6.07, 6.45) is 3.20. The Morgan fingerprint density at radius 1 is 1.24 bits per heavy atom. The summed E-state index contributed by atoms with van der Waals surface area (Å²) in [7, 11) is 1.57. The normalized spacial score (nSPS) is 13.0. The number of carbonyl (C=O) groups excluding carboxylic acids is 1. The first-order valence-electron chi connectivity index (χ1n) is 6.97. The second-order valence-corrected chi connectivity index (χ2v) is 5.70. The third-order valence-corrected chi connectivity index (χ3v) is 2.59. The molecule has 0 saturated heterocycles. The highest BCUT2D eigenvalue weighted by Crippen LogP contribution is 2.29. The molecule has 0 spiro atoms. The van der Waals surface area contributed by atoms with E-state index >= 15 is 0 Å². The molecule has 0 aliphatic carbocycles. The van der Waals surface area contributed by atoms with Crippen LogP contribution < -0.4 is 9.47 Å². The van der Waals surface area contributed by atoms with Crippen LogP contribution in [0.25, 0.3) is 6.08 Å². The van der Waals surface area contributed by atoms with Gasteiger partial charge in [0, 0.05) is 0 Å². The maximum absolute atomic E-state index is 11.9. The summed E-state index contributed by atoms with van der Waals surface area (Å²) in [5.41, 5.74) is 0.473. The van der Waals surface area contributed by atoms with E-state index in [1.807, 2.05) is 52.0 Å². The van der Waals surface area contributed by atoms with Gasteiger partial charge in [0.15, 0.2) is 17.6 Å². The zero-order valence-corrected chi connectivity index (χ0v) is 13.6. The molecule has 21 heavy (non-hydrogen) atoms. The molecule has 1 aromatic carbocycles. The molecule has 1 unspecified atom stereocenters. The van der Waals surface area contributed by atoms with Gasteiger partial charge in [-0.2, -0.15) is 0 Å². The van der Waals surface area contributed by atoms with Crippen molar-refractivity contribution in [2.45, 2.75) is 46.3 Å². The molecule has 0 fully saturated rings. The van der Waals surface area contributed by atoms with Crippen molar-refractivity contribution in [2.75, 3.05) is 7.11 Å². The Balaban J connectivity index is 2.84. The van der Waals surface area contributed by atoms with Crippen molar-refractivity contribution in [3.05, 3.63) is 29.8 Å². The van der Waals surface area contributed by atoms with E-state index in [1.54, 1.807) is 20.1 Å². The molecule has 1 atom stereocenters. The van der Waals surface area contributed by atoms with Crippen LogP contribution in [0.3, 0.4) is 0 Å². The predicted octanol–water partition coefficient (Wildman–Crippen LogP) is 3.84. The van der Waals surface area contributed by atoms with Gasteiger partial charge in [0.05, 0.1) is 7.11 Å². The molecule has 116 valence electrons. The van der Waals surface area contributed by atoms with Crippen molar-refractivity contribution >= 4 is 12.0 Å². The van der Waals surface area contributed by atoms with Gasteiger partial charge in [0.25, 0.3) is 0 Å². The standard InChI is InChI=1S/C17H24O4/c1-7-8-13-9-10-14(15(11-13)19-6)20-12(2)16(18)21-17(3,4)5/h7-12H,1-6H3. The fraction of sp³-hybridized carbons (Fsp3) is 0.471. The lowest BCUT2D eigenvalue weighted by Gasteiger charge is -2.23. The molecule has 0 aliphatic rings. The van der Waals surface area contributed by atoms with Crippen molar-refractivity contribution < 1.29 is 19.0 Å². The zero-order valence-electron chi connectivity index (χ0n) is 13.6. The minimum absolute atomic E-state index is 0.401. The lowest BCUT2D eigenvalue weighted by Crippen LogP contribution is -2.33. The average molecular weight is 292 g/mol. The maximum atomic E-state index is 11.9. The molecule has 0 saturated carbocycles. The number of rotatable bonds is 5. The number of methoxy groups -OCH3 is 1. The Morgan fingerprint density at radius 3 is 2.43 bits per heavy atom. The average Bonchev–Trinajstić information content (AvgIpc) is 2.38. The van der Waals surface area contributed by atoms with Crippen molar-refractivity contribution in [3.63, 3.8) is 0 Å². The first-order chi connectivity index (χ1) is 9.76. The second-order valence-electron chi connectivity index (χ2n) is 5.70. The van der Waals surface area contributed by atoms with Crippen molar-refractivity contribution in [3.8, 4) is 11.5 Å². The van der Waals surface area contributed by atoms with Crippen LogP contribution >= 0.6 is 0 Å². The highest BCUT2D eigenvalue weighted by molar-refractivity contribution is 5.75. The van der Waals surface area contributed by atoms with Gasteiger partial charge in [0.2, 0.25) is 0 Å². The van der Waals surface area contributed by atoms with E-state index in [9.17, 15) is 4.79 Å². The minimum Gasteiger partial charge on any atom is -0.493 e. The molecule has 4 nitrogen and oxygen atoms in total.